The third-order valence-corrected chi connectivity index (χ3v) is 4.01. The molecule has 1 aromatic carbocycles. The Balaban J connectivity index is 0.00000576. The molecule has 0 unspecified atom stereocenters. The molecule has 0 bridgehead atoms. The maximum Gasteiger partial charge on any atom is 0.322 e. The first kappa shape index (κ1) is 23.4. The smallest absolute Gasteiger partial charge is 0.322 e. The summed E-state index contributed by atoms with van der Waals surface area (Å²) in [7, 11) is 0. The van der Waals surface area contributed by atoms with Crippen LogP contribution in [0.25, 0.3) is 0 Å². The van der Waals surface area contributed by atoms with Crippen LogP contribution in [0, 0.1) is 0 Å². The van der Waals surface area contributed by atoms with Gasteiger partial charge in [0.25, 0.3) is 0 Å². The summed E-state index contributed by atoms with van der Waals surface area (Å²) in [6.07, 6.45) is 1.13. The zero-order valence-electron chi connectivity index (χ0n) is 14.2. The van der Waals surface area contributed by atoms with Gasteiger partial charge in [-0.2, -0.15) is 0 Å². The Bertz CT molecular complexity index is 543. The second-order valence-electron chi connectivity index (χ2n) is 5.16. The molecule has 0 aromatic heterocycles. The summed E-state index contributed by atoms with van der Waals surface area (Å²) in [6.45, 7) is 2.62. The maximum absolute atomic E-state index is 11.8. The number of carbonyl (C=O) groups is 3. The van der Waals surface area contributed by atoms with Crippen LogP contribution >= 0.6 is 24.2 Å². The Morgan fingerprint density at radius 1 is 1.24 bits per heavy atom. The molecule has 0 fully saturated rings. The molecule has 1 atom stereocenters. The van der Waals surface area contributed by atoms with E-state index in [2.05, 4.69) is 5.32 Å². The molecule has 1 rings (SSSR count). The van der Waals surface area contributed by atoms with Gasteiger partial charge < -0.3 is 15.8 Å². The zero-order valence-corrected chi connectivity index (χ0v) is 15.9. The molecule has 1 aromatic rings. The van der Waals surface area contributed by atoms with Crippen LogP contribution in [0.2, 0.25) is 0 Å². The van der Waals surface area contributed by atoms with Crippen molar-refractivity contribution in [2.75, 3.05) is 18.9 Å². The van der Waals surface area contributed by atoms with E-state index in [9.17, 15) is 14.4 Å². The Morgan fingerprint density at radius 2 is 1.92 bits per heavy atom. The van der Waals surface area contributed by atoms with Crippen molar-refractivity contribution in [2.45, 2.75) is 32.2 Å². The molecule has 0 spiro atoms. The molecule has 3 N–H and O–H groups in total. The van der Waals surface area contributed by atoms with E-state index in [-0.39, 0.29) is 36.3 Å². The first-order valence-electron chi connectivity index (χ1n) is 7.95. The Labute approximate surface area is 158 Å². The number of thioether (sulfide) groups is 1. The predicted octanol–water partition coefficient (Wildman–Crippen LogP) is 2.16. The number of nitrogens with one attached hydrogen (secondary N) is 1. The number of esters is 1. The van der Waals surface area contributed by atoms with Crippen LogP contribution in [0.4, 0.5) is 0 Å². The number of benzene rings is 1. The maximum atomic E-state index is 11.8. The summed E-state index contributed by atoms with van der Waals surface area (Å²) in [5, 5.41) is 2.68. The Kier molecular flexibility index (Phi) is 12.8. The minimum Gasteiger partial charge on any atom is -0.465 e. The lowest BCUT2D eigenvalue weighted by molar-refractivity contribution is -0.145. The predicted molar refractivity (Wildman–Crippen MR) is 102 cm³/mol. The van der Waals surface area contributed by atoms with Crippen LogP contribution < -0.4 is 11.1 Å². The molecule has 0 heterocycles. The summed E-state index contributed by atoms with van der Waals surface area (Å²) in [6, 6.07) is 8.20. The average molecular weight is 389 g/mol. The van der Waals surface area contributed by atoms with E-state index in [0.717, 1.165) is 18.2 Å². The monoisotopic (exact) mass is 388 g/mol. The molecule has 0 saturated carbocycles. The topological polar surface area (TPSA) is 98.5 Å². The molecule has 140 valence electrons. The van der Waals surface area contributed by atoms with Crippen LogP contribution in [0.5, 0.6) is 0 Å². The standard InChI is InChI=1S/C17H24N2O4S.ClH/c1-2-11-23-16(21)14(18)8-9-15(20)19-10-12-24-17(22)13-6-4-3-5-7-13;/h3-7,14H,2,8-12,18H2,1H3,(H,19,20);1H/t14-;/m0./s1. The molecular weight excluding hydrogens is 364 g/mol. The first-order chi connectivity index (χ1) is 11.5. The van der Waals surface area contributed by atoms with E-state index in [1.165, 1.54) is 0 Å². The molecule has 1 amide bonds. The molecule has 0 radical (unpaired) electrons. The largest absolute Gasteiger partial charge is 0.465 e. The van der Waals surface area contributed by atoms with Gasteiger partial charge in [-0.1, -0.05) is 49.0 Å². The minimum absolute atomic E-state index is 0. The van der Waals surface area contributed by atoms with Crippen molar-refractivity contribution >= 4 is 41.2 Å². The number of hydrogen-bond donors (Lipinski definition) is 2. The second-order valence-corrected chi connectivity index (χ2v) is 6.23. The molecule has 0 saturated heterocycles. The summed E-state index contributed by atoms with van der Waals surface area (Å²) in [5.74, 6) is -0.181. The van der Waals surface area contributed by atoms with Crippen molar-refractivity contribution in [3.63, 3.8) is 0 Å². The summed E-state index contributed by atoms with van der Waals surface area (Å²) in [5.41, 5.74) is 6.31. The molecule has 0 aliphatic heterocycles. The van der Waals surface area contributed by atoms with Gasteiger partial charge in [-0.3, -0.25) is 14.4 Å². The van der Waals surface area contributed by atoms with Crippen molar-refractivity contribution < 1.29 is 19.1 Å². The molecule has 0 aliphatic rings. The van der Waals surface area contributed by atoms with Gasteiger partial charge in [-0.15, -0.1) is 12.4 Å². The van der Waals surface area contributed by atoms with Crippen LogP contribution in [0.3, 0.4) is 0 Å². The highest BCUT2D eigenvalue weighted by atomic mass is 35.5. The van der Waals surface area contributed by atoms with Crippen molar-refractivity contribution in [1.82, 2.24) is 5.32 Å². The fraction of sp³-hybridized carbons (Fsp3) is 0.471. The summed E-state index contributed by atoms with van der Waals surface area (Å²) in [4.78, 5) is 35.0. The summed E-state index contributed by atoms with van der Waals surface area (Å²) >= 11 is 1.16. The van der Waals surface area contributed by atoms with Gasteiger partial charge in [-0.25, -0.2) is 0 Å². The third kappa shape index (κ3) is 10.1. The average Bonchev–Trinajstić information content (AvgIpc) is 2.61. The van der Waals surface area contributed by atoms with E-state index >= 15 is 0 Å². The van der Waals surface area contributed by atoms with Gasteiger partial charge in [0, 0.05) is 24.3 Å². The lowest BCUT2D eigenvalue weighted by Gasteiger charge is -2.11. The molecule has 0 aliphatic carbocycles. The highest BCUT2D eigenvalue weighted by molar-refractivity contribution is 8.14. The number of rotatable bonds is 10. The number of amides is 1. The SMILES string of the molecule is CCCOC(=O)[C@@H](N)CCC(=O)NCCSC(=O)c1ccccc1.Cl. The second kappa shape index (κ2) is 13.7. The minimum atomic E-state index is -0.781. The molecule has 8 heteroatoms. The third-order valence-electron chi connectivity index (χ3n) is 3.10. The van der Waals surface area contributed by atoms with Crippen LogP contribution in [0.15, 0.2) is 30.3 Å². The molecule has 6 nitrogen and oxygen atoms in total. The fourth-order valence-corrected chi connectivity index (χ4v) is 2.49. The summed E-state index contributed by atoms with van der Waals surface area (Å²) < 4.78 is 4.92. The first-order valence-corrected chi connectivity index (χ1v) is 8.94. The van der Waals surface area contributed by atoms with E-state index < -0.39 is 12.0 Å². The van der Waals surface area contributed by atoms with Crippen LogP contribution in [0.1, 0.15) is 36.5 Å². The zero-order chi connectivity index (χ0) is 17.8. The Hall–Kier alpha value is -1.57. The lowest BCUT2D eigenvalue weighted by Crippen LogP contribution is -2.35. The number of nitrogens with two attached hydrogens (primary N) is 1. The van der Waals surface area contributed by atoms with Crippen LogP contribution in [-0.4, -0.2) is 41.9 Å². The van der Waals surface area contributed by atoms with Gasteiger partial charge in [0.05, 0.1) is 6.61 Å². The van der Waals surface area contributed by atoms with Gasteiger partial charge in [0.2, 0.25) is 11.0 Å². The van der Waals surface area contributed by atoms with E-state index in [1.54, 1.807) is 12.1 Å². The van der Waals surface area contributed by atoms with Crippen molar-refractivity contribution in [2.24, 2.45) is 5.73 Å². The fourth-order valence-electron chi connectivity index (χ4n) is 1.79. The van der Waals surface area contributed by atoms with Gasteiger partial charge in [-0.05, 0) is 12.8 Å². The number of halogens is 1. The van der Waals surface area contributed by atoms with Crippen molar-refractivity contribution in [1.29, 1.82) is 0 Å². The molecule has 25 heavy (non-hydrogen) atoms. The van der Waals surface area contributed by atoms with E-state index in [4.69, 9.17) is 10.5 Å². The van der Waals surface area contributed by atoms with Gasteiger partial charge in [0.1, 0.15) is 6.04 Å². The van der Waals surface area contributed by atoms with Crippen molar-refractivity contribution in [3.05, 3.63) is 35.9 Å². The van der Waals surface area contributed by atoms with Gasteiger partial charge >= 0.3 is 5.97 Å². The highest BCUT2D eigenvalue weighted by Crippen LogP contribution is 2.11. The number of carbonyl (C=O) groups excluding carboxylic acids is 3. The quantitative estimate of drug-likeness (QED) is 0.470. The number of hydrogen-bond acceptors (Lipinski definition) is 6. The highest BCUT2D eigenvalue weighted by Gasteiger charge is 2.16. The van der Waals surface area contributed by atoms with E-state index in [0.29, 0.717) is 24.5 Å². The van der Waals surface area contributed by atoms with Gasteiger partial charge in [0.15, 0.2) is 0 Å². The normalized spacial score (nSPS) is 11.1. The van der Waals surface area contributed by atoms with Crippen molar-refractivity contribution in [3.8, 4) is 0 Å². The Morgan fingerprint density at radius 3 is 2.56 bits per heavy atom. The molecular formula is C17H25ClN2O4S. The van der Waals surface area contributed by atoms with E-state index in [1.807, 2.05) is 25.1 Å². The number of ether oxygens (including phenoxy) is 1. The lowest BCUT2D eigenvalue weighted by atomic mass is 10.1. The van der Waals surface area contributed by atoms with Crippen LogP contribution in [-0.2, 0) is 14.3 Å².